The highest BCUT2D eigenvalue weighted by atomic mass is 16.5. The zero-order chi connectivity index (χ0) is 18.2. The topological polar surface area (TPSA) is 30.5 Å². The van der Waals surface area contributed by atoms with E-state index in [1.165, 1.54) is 27.8 Å². The second-order valence-electron chi connectivity index (χ2n) is 7.89. The van der Waals surface area contributed by atoms with E-state index in [2.05, 4.69) is 57.3 Å². The largest absolute Gasteiger partial charge is 0.493 e. The highest BCUT2D eigenvalue weighted by Crippen LogP contribution is 2.40. The Balaban J connectivity index is 2.12. The average Bonchev–Trinajstić information content (AvgIpc) is 2.58. The number of nitrogens with one attached hydrogen (secondary N) is 1. The van der Waals surface area contributed by atoms with Crippen molar-refractivity contribution >= 4 is 0 Å². The molecule has 0 spiro atoms. The monoisotopic (exact) mass is 339 g/mol. The maximum Gasteiger partial charge on any atom is 0.164 e. The Bertz CT molecular complexity index is 774. The zero-order valence-electron chi connectivity index (χ0n) is 16.2. The van der Waals surface area contributed by atoms with Crippen LogP contribution in [0.1, 0.15) is 54.6 Å². The molecule has 0 bridgehead atoms. The highest BCUT2D eigenvalue weighted by molar-refractivity contribution is 5.55. The molecule has 25 heavy (non-hydrogen) atoms. The lowest BCUT2D eigenvalue weighted by Crippen LogP contribution is -2.31. The number of benzene rings is 2. The smallest absolute Gasteiger partial charge is 0.164 e. The molecule has 3 rings (SSSR count). The van der Waals surface area contributed by atoms with Crippen molar-refractivity contribution in [2.75, 3.05) is 20.8 Å². The van der Waals surface area contributed by atoms with Crippen LogP contribution in [0.2, 0.25) is 0 Å². The summed E-state index contributed by atoms with van der Waals surface area (Å²) in [5.74, 6) is 1.68. The molecule has 1 aliphatic rings. The number of hydrogen-bond acceptors (Lipinski definition) is 3. The lowest BCUT2D eigenvalue weighted by atomic mass is 9.82. The third-order valence-electron chi connectivity index (χ3n) is 5.02. The number of methoxy groups -OCH3 is 2. The van der Waals surface area contributed by atoms with E-state index in [1.807, 2.05) is 6.07 Å². The Morgan fingerprint density at radius 3 is 2.44 bits per heavy atom. The normalized spacial score (nSPS) is 17.1. The summed E-state index contributed by atoms with van der Waals surface area (Å²) in [6, 6.07) is 11.3. The highest BCUT2D eigenvalue weighted by Gasteiger charge is 2.27. The van der Waals surface area contributed by atoms with Gasteiger partial charge in [0.05, 0.1) is 20.3 Å². The summed E-state index contributed by atoms with van der Waals surface area (Å²) >= 11 is 0. The molecule has 1 atom stereocenters. The zero-order valence-corrected chi connectivity index (χ0v) is 16.2. The van der Waals surface area contributed by atoms with Crippen LogP contribution in [0, 0.1) is 6.92 Å². The lowest BCUT2D eigenvalue weighted by molar-refractivity contribution is 0.348. The molecule has 134 valence electrons. The third kappa shape index (κ3) is 3.38. The van der Waals surface area contributed by atoms with E-state index >= 15 is 0 Å². The van der Waals surface area contributed by atoms with E-state index < -0.39 is 0 Å². The fraction of sp³-hybridized carbons (Fsp3) is 0.455. The number of rotatable bonds is 3. The average molecular weight is 339 g/mol. The first-order valence-electron chi connectivity index (χ1n) is 8.94. The van der Waals surface area contributed by atoms with Crippen molar-refractivity contribution in [3.05, 3.63) is 58.1 Å². The van der Waals surface area contributed by atoms with Crippen LogP contribution in [0.15, 0.2) is 30.3 Å². The molecular formula is C22H29NO2. The summed E-state index contributed by atoms with van der Waals surface area (Å²) in [7, 11) is 3.42. The van der Waals surface area contributed by atoms with Gasteiger partial charge >= 0.3 is 0 Å². The molecule has 3 heteroatoms. The summed E-state index contributed by atoms with van der Waals surface area (Å²) in [4.78, 5) is 0. The number of hydrogen-bond donors (Lipinski definition) is 1. The van der Waals surface area contributed by atoms with Crippen molar-refractivity contribution in [3.8, 4) is 11.5 Å². The molecule has 0 fully saturated rings. The second kappa shape index (κ2) is 6.72. The van der Waals surface area contributed by atoms with Crippen molar-refractivity contribution in [1.29, 1.82) is 0 Å². The van der Waals surface area contributed by atoms with E-state index in [0.717, 1.165) is 24.5 Å². The van der Waals surface area contributed by atoms with Gasteiger partial charge in [-0.25, -0.2) is 0 Å². The van der Waals surface area contributed by atoms with Crippen LogP contribution in [-0.4, -0.2) is 20.8 Å². The summed E-state index contributed by atoms with van der Waals surface area (Å²) in [5.41, 5.74) is 6.67. The molecule has 0 aromatic heterocycles. The first kappa shape index (κ1) is 17.8. The molecule has 1 aliphatic heterocycles. The summed E-state index contributed by atoms with van der Waals surface area (Å²) in [5, 5.41) is 3.69. The van der Waals surface area contributed by atoms with E-state index in [1.54, 1.807) is 14.2 Å². The Labute approximate surface area is 151 Å². The molecule has 1 unspecified atom stereocenters. The van der Waals surface area contributed by atoms with Gasteiger partial charge < -0.3 is 14.8 Å². The molecule has 0 aliphatic carbocycles. The van der Waals surface area contributed by atoms with Crippen molar-refractivity contribution in [2.45, 2.75) is 45.6 Å². The van der Waals surface area contributed by atoms with Crippen LogP contribution in [0.25, 0.3) is 0 Å². The minimum Gasteiger partial charge on any atom is -0.493 e. The molecule has 0 radical (unpaired) electrons. The van der Waals surface area contributed by atoms with Crippen LogP contribution < -0.4 is 14.8 Å². The van der Waals surface area contributed by atoms with Gasteiger partial charge in [0.2, 0.25) is 0 Å². The SMILES string of the molecule is COc1ccc2c(c1OC)CCNC2c1cc(C)cc(C(C)(C)C)c1. The standard InChI is InChI=1S/C22H29NO2/c1-14-11-15(13-16(12-14)22(2,3)4)20-17-7-8-19(24-5)21(25-6)18(17)9-10-23-20/h7-8,11-13,20,23H,9-10H2,1-6H3. The summed E-state index contributed by atoms with van der Waals surface area (Å²) < 4.78 is 11.1. The van der Waals surface area contributed by atoms with Gasteiger partial charge in [0.15, 0.2) is 11.5 Å². The van der Waals surface area contributed by atoms with Crippen LogP contribution in [-0.2, 0) is 11.8 Å². The Morgan fingerprint density at radius 2 is 1.80 bits per heavy atom. The van der Waals surface area contributed by atoms with Gasteiger partial charge in [0.1, 0.15) is 0 Å². The summed E-state index contributed by atoms with van der Waals surface area (Å²) in [6.07, 6.45) is 0.949. The lowest BCUT2D eigenvalue weighted by Gasteiger charge is -2.30. The molecule has 3 nitrogen and oxygen atoms in total. The van der Waals surface area contributed by atoms with Crippen LogP contribution in [0.5, 0.6) is 11.5 Å². The van der Waals surface area contributed by atoms with Crippen molar-refractivity contribution in [2.24, 2.45) is 0 Å². The fourth-order valence-corrected chi connectivity index (χ4v) is 3.70. The molecule has 1 N–H and O–H groups in total. The van der Waals surface area contributed by atoms with Gasteiger partial charge in [-0.3, -0.25) is 0 Å². The van der Waals surface area contributed by atoms with Gasteiger partial charge in [-0.05, 0) is 41.5 Å². The van der Waals surface area contributed by atoms with Gasteiger partial charge in [-0.2, -0.15) is 0 Å². The minimum atomic E-state index is 0.135. The Morgan fingerprint density at radius 1 is 1.04 bits per heavy atom. The van der Waals surface area contributed by atoms with Crippen molar-refractivity contribution < 1.29 is 9.47 Å². The molecule has 2 aromatic carbocycles. The van der Waals surface area contributed by atoms with E-state index in [4.69, 9.17) is 9.47 Å². The van der Waals surface area contributed by atoms with Crippen LogP contribution in [0.3, 0.4) is 0 Å². The van der Waals surface area contributed by atoms with Gasteiger partial charge in [0, 0.05) is 12.1 Å². The number of ether oxygens (including phenoxy) is 2. The van der Waals surface area contributed by atoms with Gasteiger partial charge in [-0.15, -0.1) is 0 Å². The van der Waals surface area contributed by atoms with Gasteiger partial charge in [-0.1, -0.05) is 50.6 Å². The summed E-state index contributed by atoms with van der Waals surface area (Å²) in [6.45, 7) is 9.90. The third-order valence-corrected chi connectivity index (χ3v) is 5.02. The number of fused-ring (bicyclic) bond motifs is 1. The molecule has 0 amide bonds. The van der Waals surface area contributed by atoms with Crippen LogP contribution >= 0.6 is 0 Å². The molecule has 0 saturated carbocycles. The first-order chi connectivity index (χ1) is 11.8. The van der Waals surface area contributed by atoms with Crippen molar-refractivity contribution in [1.82, 2.24) is 5.32 Å². The quantitative estimate of drug-likeness (QED) is 0.890. The predicted octanol–water partition coefficient (Wildman–Crippen LogP) is 4.54. The number of aryl methyl sites for hydroxylation is 1. The Hall–Kier alpha value is -2.00. The second-order valence-corrected chi connectivity index (χ2v) is 7.89. The van der Waals surface area contributed by atoms with Crippen molar-refractivity contribution in [3.63, 3.8) is 0 Å². The maximum absolute atomic E-state index is 5.67. The predicted molar refractivity (Wildman–Crippen MR) is 103 cm³/mol. The van der Waals surface area contributed by atoms with E-state index in [9.17, 15) is 0 Å². The fourth-order valence-electron chi connectivity index (χ4n) is 3.70. The maximum atomic E-state index is 5.67. The van der Waals surface area contributed by atoms with Gasteiger partial charge in [0.25, 0.3) is 0 Å². The molecule has 1 heterocycles. The minimum absolute atomic E-state index is 0.135. The Kier molecular flexibility index (Phi) is 4.79. The van der Waals surface area contributed by atoms with E-state index in [-0.39, 0.29) is 11.5 Å². The molecular weight excluding hydrogens is 310 g/mol. The van der Waals surface area contributed by atoms with Crippen LogP contribution in [0.4, 0.5) is 0 Å². The molecule has 2 aromatic rings. The van der Waals surface area contributed by atoms with E-state index in [0.29, 0.717) is 0 Å². The first-order valence-corrected chi connectivity index (χ1v) is 8.94. The molecule has 0 saturated heterocycles.